The quantitative estimate of drug-likeness (QED) is 0.699. The van der Waals surface area contributed by atoms with Crippen LogP contribution in [0.3, 0.4) is 0 Å². The van der Waals surface area contributed by atoms with Crippen LogP contribution in [0.2, 0.25) is 0 Å². The summed E-state index contributed by atoms with van der Waals surface area (Å²) in [7, 11) is 1.68. The van der Waals surface area contributed by atoms with Gasteiger partial charge in [-0.25, -0.2) is 0 Å². The third kappa shape index (κ3) is 4.84. The first-order valence-electron chi connectivity index (χ1n) is 10.4. The highest BCUT2D eigenvalue weighted by atomic mass is 16.5. The molecule has 1 aromatic heterocycles. The van der Waals surface area contributed by atoms with Crippen LogP contribution in [-0.2, 0) is 16.6 Å². The molecule has 0 N–H and O–H groups in total. The van der Waals surface area contributed by atoms with Gasteiger partial charge in [-0.1, -0.05) is 32.9 Å². The van der Waals surface area contributed by atoms with E-state index >= 15 is 0 Å². The number of amides is 1. The minimum Gasteiger partial charge on any atom is -0.496 e. The van der Waals surface area contributed by atoms with Gasteiger partial charge in [0.15, 0.2) is 5.76 Å². The van der Waals surface area contributed by atoms with Gasteiger partial charge in [0.1, 0.15) is 11.5 Å². The van der Waals surface area contributed by atoms with E-state index in [4.69, 9.17) is 13.9 Å². The SMILES string of the molecule is CCC(C)(C)c1ccc(OC)c(Cc2ccc(C(=O)N3CC(C)OC(C)C3)o2)c1. The summed E-state index contributed by atoms with van der Waals surface area (Å²) < 4.78 is 17.2. The van der Waals surface area contributed by atoms with Gasteiger partial charge in [0.2, 0.25) is 0 Å². The van der Waals surface area contributed by atoms with Crippen LogP contribution in [-0.4, -0.2) is 43.2 Å². The largest absolute Gasteiger partial charge is 0.496 e. The van der Waals surface area contributed by atoms with Crippen LogP contribution in [0.15, 0.2) is 34.7 Å². The van der Waals surface area contributed by atoms with E-state index in [1.807, 2.05) is 30.9 Å². The van der Waals surface area contributed by atoms with E-state index in [-0.39, 0.29) is 23.5 Å². The predicted octanol–water partition coefficient (Wildman–Crippen LogP) is 4.82. The first kappa shape index (κ1) is 21.4. The van der Waals surface area contributed by atoms with Crippen LogP contribution in [0.1, 0.15) is 68.5 Å². The molecule has 29 heavy (non-hydrogen) atoms. The van der Waals surface area contributed by atoms with E-state index in [9.17, 15) is 4.79 Å². The predicted molar refractivity (Wildman–Crippen MR) is 114 cm³/mol. The lowest BCUT2D eigenvalue weighted by Crippen LogP contribution is -2.48. The number of benzene rings is 1. The van der Waals surface area contributed by atoms with Gasteiger partial charge in [0.25, 0.3) is 5.91 Å². The zero-order chi connectivity index (χ0) is 21.2. The maximum atomic E-state index is 12.9. The third-order valence-electron chi connectivity index (χ3n) is 5.89. The molecule has 0 aliphatic carbocycles. The van der Waals surface area contributed by atoms with Crippen molar-refractivity contribution >= 4 is 5.91 Å². The molecule has 2 aromatic rings. The Morgan fingerprint density at radius 3 is 2.48 bits per heavy atom. The molecule has 2 unspecified atom stereocenters. The standard InChI is InChI=1S/C24H33NO4/c1-7-24(4,5)19-8-10-21(27-6)18(12-19)13-20-9-11-22(29-20)23(26)25-14-16(2)28-17(3)15-25/h8-12,16-17H,7,13-15H2,1-6H3. The molecule has 0 saturated carbocycles. The van der Waals surface area contributed by atoms with Crippen LogP contribution in [0.25, 0.3) is 0 Å². The summed E-state index contributed by atoms with van der Waals surface area (Å²) in [5.74, 6) is 1.89. The van der Waals surface area contributed by atoms with Crippen LogP contribution in [0.5, 0.6) is 5.75 Å². The number of carbonyl (C=O) groups excluding carboxylic acids is 1. The Labute approximate surface area is 174 Å². The second-order valence-electron chi connectivity index (χ2n) is 8.67. The van der Waals surface area contributed by atoms with E-state index in [0.717, 1.165) is 23.5 Å². The van der Waals surface area contributed by atoms with E-state index in [2.05, 4.69) is 32.9 Å². The van der Waals surface area contributed by atoms with Crippen LogP contribution in [0.4, 0.5) is 0 Å². The highest BCUT2D eigenvalue weighted by Crippen LogP contribution is 2.32. The minimum atomic E-state index is -0.0777. The van der Waals surface area contributed by atoms with Gasteiger partial charge in [-0.2, -0.15) is 0 Å². The molecule has 0 radical (unpaired) electrons. The number of ether oxygens (including phenoxy) is 2. The molecule has 5 nitrogen and oxygen atoms in total. The average Bonchev–Trinajstić information content (AvgIpc) is 3.15. The number of hydrogen-bond donors (Lipinski definition) is 0. The van der Waals surface area contributed by atoms with Gasteiger partial charge in [0, 0.05) is 25.1 Å². The number of furan rings is 1. The Bertz CT molecular complexity index is 844. The molecule has 1 aromatic carbocycles. The van der Waals surface area contributed by atoms with Gasteiger partial charge in [-0.15, -0.1) is 0 Å². The summed E-state index contributed by atoms with van der Waals surface area (Å²) in [5.41, 5.74) is 2.43. The Kier molecular flexibility index (Phi) is 6.37. The highest BCUT2D eigenvalue weighted by Gasteiger charge is 2.28. The summed E-state index contributed by atoms with van der Waals surface area (Å²) in [6.07, 6.45) is 1.70. The molecule has 1 saturated heterocycles. The van der Waals surface area contributed by atoms with E-state index in [0.29, 0.717) is 25.3 Å². The Hall–Kier alpha value is -2.27. The van der Waals surface area contributed by atoms with Crippen molar-refractivity contribution in [3.8, 4) is 5.75 Å². The van der Waals surface area contributed by atoms with Crippen LogP contribution in [0, 0.1) is 0 Å². The zero-order valence-corrected chi connectivity index (χ0v) is 18.5. The fraction of sp³-hybridized carbons (Fsp3) is 0.542. The summed E-state index contributed by atoms with van der Waals surface area (Å²) >= 11 is 0. The molecule has 158 valence electrons. The molecular weight excluding hydrogens is 366 g/mol. The Morgan fingerprint density at radius 2 is 1.86 bits per heavy atom. The van der Waals surface area contributed by atoms with Gasteiger partial charge in [-0.05, 0) is 49.4 Å². The number of rotatable bonds is 6. The van der Waals surface area contributed by atoms with Gasteiger partial charge in [-0.3, -0.25) is 4.79 Å². The second-order valence-corrected chi connectivity index (χ2v) is 8.67. The van der Waals surface area contributed by atoms with Crippen molar-refractivity contribution in [1.82, 2.24) is 4.90 Å². The fourth-order valence-corrected chi connectivity index (χ4v) is 3.82. The topological polar surface area (TPSA) is 51.9 Å². The first-order chi connectivity index (χ1) is 13.7. The fourth-order valence-electron chi connectivity index (χ4n) is 3.82. The second kappa shape index (κ2) is 8.62. The van der Waals surface area contributed by atoms with Crippen molar-refractivity contribution in [1.29, 1.82) is 0 Å². The summed E-state index contributed by atoms with van der Waals surface area (Å²) in [4.78, 5) is 14.7. The van der Waals surface area contributed by atoms with Crippen molar-refractivity contribution in [2.45, 2.75) is 65.1 Å². The van der Waals surface area contributed by atoms with Gasteiger partial charge in [0.05, 0.1) is 19.3 Å². The summed E-state index contributed by atoms with van der Waals surface area (Å²) in [6.45, 7) is 11.8. The lowest BCUT2D eigenvalue weighted by atomic mass is 9.81. The zero-order valence-electron chi connectivity index (χ0n) is 18.5. The molecule has 3 rings (SSSR count). The lowest BCUT2D eigenvalue weighted by Gasteiger charge is -2.34. The Balaban J connectivity index is 1.79. The number of methoxy groups -OCH3 is 1. The van der Waals surface area contributed by atoms with Crippen molar-refractivity contribution in [3.63, 3.8) is 0 Å². The van der Waals surface area contributed by atoms with E-state index < -0.39 is 0 Å². The minimum absolute atomic E-state index is 0.0334. The molecular formula is C24H33NO4. The normalized spacial score (nSPS) is 20.0. The highest BCUT2D eigenvalue weighted by molar-refractivity contribution is 5.91. The summed E-state index contributed by atoms with van der Waals surface area (Å²) in [5, 5.41) is 0. The molecule has 0 spiro atoms. The monoisotopic (exact) mass is 399 g/mol. The lowest BCUT2D eigenvalue weighted by molar-refractivity contribution is -0.0592. The number of carbonyl (C=O) groups is 1. The molecule has 2 atom stereocenters. The Morgan fingerprint density at radius 1 is 1.17 bits per heavy atom. The maximum absolute atomic E-state index is 12.9. The van der Waals surface area contributed by atoms with E-state index in [1.165, 1.54) is 5.56 Å². The van der Waals surface area contributed by atoms with Crippen molar-refractivity contribution in [3.05, 3.63) is 53.0 Å². The van der Waals surface area contributed by atoms with Crippen molar-refractivity contribution in [2.75, 3.05) is 20.2 Å². The molecule has 5 heteroatoms. The maximum Gasteiger partial charge on any atom is 0.289 e. The molecule has 0 bridgehead atoms. The van der Waals surface area contributed by atoms with E-state index in [1.54, 1.807) is 13.2 Å². The molecule has 2 heterocycles. The van der Waals surface area contributed by atoms with Crippen molar-refractivity contribution < 1.29 is 18.7 Å². The molecule has 1 fully saturated rings. The van der Waals surface area contributed by atoms with Crippen molar-refractivity contribution in [2.24, 2.45) is 0 Å². The number of hydrogen-bond acceptors (Lipinski definition) is 4. The summed E-state index contributed by atoms with van der Waals surface area (Å²) in [6, 6.07) is 10.0. The first-order valence-corrected chi connectivity index (χ1v) is 10.4. The number of morpholine rings is 1. The van der Waals surface area contributed by atoms with Gasteiger partial charge < -0.3 is 18.8 Å². The van der Waals surface area contributed by atoms with Crippen LogP contribution < -0.4 is 4.74 Å². The average molecular weight is 400 g/mol. The molecule has 1 aliphatic rings. The molecule has 1 amide bonds. The molecule has 1 aliphatic heterocycles. The smallest absolute Gasteiger partial charge is 0.289 e. The number of nitrogens with zero attached hydrogens (tertiary/aromatic N) is 1. The third-order valence-corrected chi connectivity index (χ3v) is 5.89. The van der Waals surface area contributed by atoms with Crippen LogP contribution >= 0.6 is 0 Å². The van der Waals surface area contributed by atoms with Gasteiger partial charge >= 0.3 is 0 Å².